The number of halogens is 1. The van der Waals surface area contributed by atoms with Gasteiger partial charge in [0.15, 0.2) is 11.5 Å². The lowest BCUT2D eigenvalue weighted by Gasteiger charge is -2.06. The molecule has 106 valence electrons. The topological polar surface area (TPSA) is 98.7 Å². The van der Waals surface area contributed by atoms with Crippen LogP contribution < -0.4 is 11.1 Å². The Balaban J connectivity index is 1.77. The van der Waals surface area contributed by atoms with E-state index >= 15 is 0 Å². The van der Waals surface area contributed by atoms with E-state index in [1.807, 2.05) is 24.3 Å². The number of nitrogen functional groups attached to an aromatic ring is 1. The number of fused-ring (bicyclic) bond motifs is 1. The van der Waals surface area contributed by atoms with Crippen molar-refractivity contribution in [2.24, 2.45) is 0 Å². The van der Waals surface area contributed by atoms with Crippen LogP contribution in [0.3, 0.4) is 0 Å². The van der Waals surface area contributed by atoms with E-state index in [2.05, 4.69) is 36.2 Å². The first-order chi connectivity index (χ1) is 10.1. The molecule has 3 aromatic rings. The Morgan fingerprint density at radius 2 is 2.00 bits per heavy atom. The molecule has 21 heavy (non-hydrogen) atoms. The van der Waals surface area contributed by atoms with Crippen molar-refractivity contribution in [2.75, 3.05) is 11.1 Å². The number of anilines is 2. The van der Waals surface area contributed by atoms with Gasteiger partial charge in [-0.3, -0.25) is 4.79 Å². The summed E-state index contributed by atoms with van der Waals surface area (Å²) >= 11 is 3.34. The molecular weight excluding hydrogens is 336 g/mol. The summed E-state index contributed by atoms with van der Waals surface area (Å²) in [7, 11) is 0. The lowest BCUT2D eigenvalue weighted by molar-refractivity contribution is -0.116. The second-order valence-electron chi connectivity index (χ2n) is 4.36. The zero-order valence-electron chi connectivity index (χ0n) is 10.8. The maximum absolute atomic E-state index is 12.0. The van der Waals surface area contributed by atoms with Gasteiger partial charge in [-0.1, -0.05) is 15.9 Å². The molecule has 0 aliphatic carbocycles. The average molecular weight is 347 g/mol. The summed E-state index contributed by atoms with van der Waals surface area (Å²) in [4.78, 5) is 24.1. The number of imidazole rings is 1. The van der Waals surface area contributed by atoms with Crippen LogP contribution in [-0.2, 0) is 11.3 Å². The largest absolute Gasteiger partial charge is 0.382 e. The Hall–Kier alpha value is -2.48. The monoisotopic (exact) mass is 346 g/mol. The molecule has 0 aliphatic heterocycles. The maximum Gasteiger partial charge on any atom is 0.244 e. The third-order valence-corrected chi connectivity index (χ3v) is 3.40. The minimum absolute atomic E-state index is 0.100. The molecule has 0 spiro atoms. The van der Waals surface area contributed by atoms with Crippen LogP contribution in [0.25, 0.3) is 11.2 Å². The number of hydrogen-bond acceptors (Lipinski definition) is 5. The molecule has 3 rings (SSSR count). The number of carbonyl (C=O) groups excluding carboxylic acids is 1. The number of nitrogens with one attached hydrogen (secondary N) is 1. The molecule has 0 unspecified atom stereocenters. The molecule has 0 fully saturated rings. The van der Waals surface area contributed by atoms with Gasteiger partial charge in [0.25, 0.3) is 0 Å². The zero-order valence-corrected chi connectivity index (χ0v) is 12.4. The van der Waals surface area contributed by atoms with E-state index in [1.54, 1.807) is 4.57 Å². The molecule has 3 N–H and O–H groups in total. The Labute approximate surface area is 128 Å². The second-order valence-corrected chi connectivity index (χ2v) is 5.27. The first kappa shape index (κ1) is 13.5. The molecule has 8 heteroatoms. The summed E-state index contributed by atoms with van der Waals surface area (Å²) in [6.45, 7) is 0.100. The summed E-state index contributed by atoms with van der Waals surface area (Å²) in [5.74, 6) is 0.126. The molecule has 1 amide bonds. The van der Waals surface area contributed by atoms with Crippen molar-refractivity contribution in [3.63, 3.8) is 0 Å². The first-order valence-electron chi connectivity index (χ1n) is 6.10. The molecule has 7 nitrogen and oxygen atoms in total. The molecule has 0 saturated carbocycles. The number of carbonyl (C=O) groups is 1. The van der Waals surface area contributed by atoms with Crippen molar-refractivity contribution in [1.82, 2.24) is 19.5 Å². The Bertz CT molecular complexity index is 798. The predicted octanol–water partition coefficient (Wildman–Crippen LogP) is 1.81. The molecular formula is C13H11BrN6O. The number of benzene rings is 1. The first-order valence-corrected chi connectivity index (χ1v) is 6.89. The fraction of sp³-hybridized carbons (Fsp3) is 0.0769. The van der Waals surface area contributed by atoms with E-state index in [9.17, 15) is 4.79 Å². The summed E-state index contributed by atoms with van der Waals surface area (Å²) in [5, 5.41) is 2.80. The van der Waals surface area contributed by atoms with Crippen molar-refractivity contribution >= 4 is 44.5 Å². The number of rotatable bonds is 3. The van der Waals surface area contributed by atoms with Gasteiger partial charge in [0, 0.05) is 10.2 Å². The third kappa shape index (κ3) is 2.84. The van der Waals surface area contributed by atoms with Crippen molar-refractivity contribution in [2.45, 2.75) is 6.54 Å². The van der Waals surface area contributed by atoms with E-state index in [1.165, 1.54) is 12.7 Å². The number of amides is 1. The van der Waals surface area contributed by atoms with Crippen LogP contribution >= 0.6 is 15.9 Å². The number of aromatic nitrogens is 4. The van der Waals surface area contributed by atoms with Crippen molar-refractivity contribution in [1.29, 1.82) is 0 Å². The lowest BCUT2D eigenvalue weighted by atomic mass is 10.3. The number of hydrogen-bond donors (Lipinski definition) is 2. The smallest absolute Gasteiger partial charge is 0.244 e. The Morgan fingerprint density at radius 3 is 2.76 bits per heavy atom. The van der Waals surface area contributed by atoms with Crippen LogP contribution in [0, 0.1) is 0 Å². The Morgan fingerprint density at radius 1 is 1.24 bits per heavy atom. The van der Waals surface area contributed by atoms with Gasteiger partial charge in [-0.05, 0) is 24.3 Å². The highest BCUT2D eigenvalue weighted by Gasteiger charge is 2.10. The highest BCUT2D eigenvalue weighted by Crippen LogP contribution is 2.16. The molecule has 0 radical (unpaired) electrons. The molecule has 2 heterocycles. The van der Waals surface area contributed by atoms with Crippen LogP contribution in [0.15, 0.2) is 41.4 Å². The van der Waals surface area contributed by atoms with Crippen LogP contribution in [0.1, 0.15) is 0 Å². The summed E-state index contributed by atoms with van der Waals surface area (Å²) < 4.78 is 2.58. The number of nitrogens with two attached hydrogens (primary N) is 1. The molecule has 2 aromatic heterocycles. The van der Waals surface area contributed by atoms with E-state index in [0.717, 1.165) is 10.2 Å². The standard InChI is InChI=1S/C13H11BrN6O/c14-8-1-3-9(4-2-8)19-10(21)5-20-7-18-11-12(15)16-6-17-13(11)20/h1-4,6-7H,5H2,(H,19,21)(H2,15,16,17). The van der Waals surface area contributed by atoms with E-state index in [4.69, 9.17) is 5.73 Å². The van der Waals surface area contributed by atoms with Crippen LogP contribution in [0.2, 0.25) is 0 Å². The molecule has 0 aliphatic rings. The quantitative estimate of drug-likeness (QED) is 0.753. The van der Waals surface area contributed by atoms with Gasteiger partial charge in [-0.2, -0.15) is 0 Å². The minimum Gasteiger partial charge on any atom is -0.382 e. The van der Waals surface area contributed by atoms with Gasteiger partial charge in [0.1, 0.15) is 18.4 Å². The summed E-state index contributed by atoms with van der Waals surface area (Å²) in [5.41, 5.74) is 7.46. The minimum atomic E-state index is -0.172. The van der Waals surface area contributed by atoms with E-state index in [-0.39, 0.29) is 12.5 Å². The van der Waals surface area contributed by atoms with Gasteiger partial charge >= 0.3 is 0 Å². The Kier molecular flexibility index (Phi) is 3.53. The molecule has 0 saturated heterocycles. The van der Waals surface area contributed by atoms with Gasteiger partial charge in [-0.15, -0.1) is 0 Å². The molecule has 0 bridgehead atoms. The van der Waals surface area contributed by atoms with Crippen LogP contribution in [0.5, 0.6) is 0 Å². The highest BCUT2D eigenvalue weighted by molar-refractivity contribution is 9.10. The van der Waals surface area contributed by atoms with E-state index < -0.39 is 0 Å². The zero-order chi connectivity index (χ0) is 14.8. The van der Waals surface area contributed by atoms with Gasteiger partial charge in [0.05, 0.1) is 6.33 Å². The van der Waals surface area contributed by atoms with Gasteiger partial charge in [0.2, 0.25) is 5.91 Å². The lowest BCUT2D eigenvalue weighted by Crippen LogP contribution is -2.18. The van der Waals surface area contributed by atoms with Crippen LogP contribution in [-0.4, -0.2) is 25.4 Å². The van der Waals surface area contributed by atoms with Gasteiger partial charge in [-0.25, -0.2) is 15.0 Å². The summed E-state index contributed by atoms with van der Waals surface area (Å²) in [6.07, 6.45) is 2.87. The molecule has 0 atom stereocenters. The third-order valence-electron chi connectivity index (χ3n) is 2.87. The number of nitrogens with zero attached hydrogens (tertiary/aromatic N) is 4. The molecule has 1 aromatic carbocycles. The van der Waals surface area contributed by atoms with Crippen molar-refractivity contribution < 1.29 is 4.79 Å². The van der Waals surface area contributed by atoms with E-state index in [0.29, 0.717) is 17.0 Å². The highest BCUT2D eigenvalue weighted by atomic mass is 79.9. The average Bonchev–Trinajstić information content (AvgIpc) is 2.86. The maximum atomic E-state index is 12.0. The van der Waals surface area contributed by atoms with Gasteiger partial charge < -0.3 is 15.6 Å². The second kappa shape index (κ2) is 5.49. The SMILES string of the molecule is Nc1ncnc2c1ncn2CC(=O)Nc1ccc(Br)cc1. The predicted molar refractivity (Wildman–Crippen MR) is 82.5 cm³/mol. The fourth-order valence-corrected chi connectivity index (χ4v) is 2.17. The van der Waals surface area contributed by atoms with Crippen molar-refractivity contribution in [3.05, 3.63) is 41.4 Å². The van der Waals surface area contributed by atoms with Crippen LogP contribution in [0.4, 0.5) is 11.5 Å². The fourth-order valence-electron chi connectivity index (χ4n) is 1.90. The van der Waals surface area contributed by atoms with Crippen molar-refractivity contribution in [3.8, 4) is 0 Å². The normalized spacial score (nSPS) is 10.7. The summed E-state index contributed by atoms with van der Waals surface area (Å²) in [6, 6.07) is 7.34.